The molecule has 0 radical (unpaired) electrons. The van der Waals surface area contributed by atoms with E-state index in [1.54, 1.807) is 11.8 Å². The molecule has 0 bridgehead atoms. The molecule has 0 spiro atoms. The van der Waals surface area contributed by atoms with Crippen LogP contribution in [0.15, 0.2) is 30.3 Å². The maximum absolute atomic E-state index is 13.1. The molecule has 0 aliphatic carbocycles. The number of amides is 3. The number of nitrogens with zero attached hydrogens (tertiary/aromatic N) is 2. The minimum Gasteiger partial charge on any atom is -0.447 e. The number of imide groups is 1. The summed E-state index contributed by atoms with van der Waals surface area (Å²) in [6, 6.07) is 8.94. The van der Waals surface area contributed by atoms with E-state index in [2.05, 4.69) is 0 Å². The molecule has 0 aromatic heterocycles. The number of carbonyl (C=O) groups excluding carboxylic acids is 3. The average molecular weight is 388 g/mol. The van der Waals surface area contributed by atoms with Crippen LogP contribution in [0.1, 0.15) is 39.2 Å². The van der Waals surface area contributed by atoms with Gasteiger partial charge in [0.25, 0.3) is 0 Å². The maximum Gasteiger partial charge on any atom is 0.416 e. The van der Waals surface area contributed by atoms with Gasteiger partial charge in [-0.1, -0.05) is 51.1 Å². The van der Waals surface area contributed by atoms with Crippen molar-refractivity contribution in [2.75, 3.05) is 13.2 Å². The lowest BCUT2D eigenvalue weighted by molar-refractivity contribution is -0.135. The summed E-state index contributed by atoms with van der Waals surface area (Å²) in [6.45, 7) is 6.66. The van der Waals surface area contributed by atoms with Crippen molar-refractivity contribution in [1.82, 2.24) is 9.80 Å². The van der Waals surface area contributed by atoms with Crippen LogP contribution in [0, 0.1) is 11.8 Å². The summed E-state index contributed by atoms with van der Waals surface area (Å²) >= 11 is 0. The van der Waals surface area contributed by atoms with Crippen LogP contribution in [0.25, 0.3) is 0 Å². The molecule has 2 aliphatic rings. The SMILES string of the molecule is CC(C)[C@H]1COC(=O)N1C(=O)[C@H](C)[C@H]1CCCN1C(=O)OCc1ccccc1. The van der Waals surface area contributed by atoms with Crippen molar-refractivity contribution in [2.45, 2.75) is 52.3 Å². The zero-order chi connectivity index (χ0) is 20.3. The van der Waals surface area contributed by atoms with Crippen LogP contribution in [-0.4, -0.2) is 53.1 Å². The molecule has 1 aromatic rings. The molecule has 0 unspecified atom stereocenters. The van der Waals surface area contributed by atoms with E-state index in [-0.39, 0.29) is 37.1 Å². The molecule has 0 saturated carbocycles. The molecule has 3 rings (SSSR count). The number of ether oxygens (including phenoxy) is 2. The predicted octanol–water partition coefficient (Wildman–Crippen LogP) is 3.43. The highest BCUT2D eigenvalue weighted by atomic mass is 16.6. The summed E-state index contributed by atoms with van der Waals surface area (Å²) in [6.07, 6.45) is 0.505. The Balaban J connectivity index is 1.65. The van der Waals surface area contributed by atoms with Gasteiger partial charge in [0.15, 0.2) is 0 Å². The van der Waals surface area contributed by atoms with Crippen LogP contribution in [0.2, 0.25) is 0 Å². The van der Waals surface area contributed by atoms with E-state index in [0.717, 1.165) is 12.0 Å². The van der Waals surface area contributed by atoms with Crippen molar-refractivity contribution < 1.29 is 23.9 Å². The van der Waals surface area contributed by atoms with Crippen molar-refractivity contribution >= 4 is 18.1 Å². The van der Waals surface area contributed by atoms with Crippen molar-refractivity contribution in [2.24, 2.45) is 11.8 Å². The highest BCUT2D eigenvalue weighted by Crippen LogP contribution is 2.29. The minimum atomic E-state index is -0.591. The zero-order valence-corrected chi connectivity index (χ0v) is 16.7. The summed E-state index contributed by atoms with van der Waals surface area (Å²) < 4.78 is 10.5. The highest BCUT2D eigenvalue weighted by Gasteiger charge is 2.45. The fraction of sp³-hybridized carbons (Fsp3) is 0.571. The van der Waals surface area contributed by atoms with Crippen LogP contribution < -0.4 is 0 Å². The smallest absolute Gasteiger partial charge is 0.416 e. The summed E-state index contributed by atoms with van der Waals surface area (Å²) in [5, 5.41) is 0. The van der Waals surface area contributed by atoms with Gasteiger partial charge in [0.1, 0.15) is 13.2 Å². The number of hydrogen-bond acceptors (Lipinski definition) is 5. The third-order valence-corrected chi connectivity index (χ3v) is 5.62. The molecule has 1 aromatic carbocycles. The second kappa shape index (κ2) is 8.63. The van der Waals surface area contributed by atoms with Gasteiger partial charge in [-0.15, -0.1) is 0 Å². The number of hydrogen-bond donors (Lipinski definition) is 0. The number of likely N-dealkylation sites (tertiary alicyclic amines) is 1. The van der Waals surface area contributed by atoms with Gasteiger partial charge < -0.3 is 14.4 Å². The zero-order valence-electron chi connectivity index (χ0n) is 16.7. The Labute approximate surface area is 165 Å². The molecule has 2 saturated heterocycles. The Morgan fingerprint density at radius 1 is 1.18 bits per heavy atom. The quantitative estimate of drug-likeness (QED) is 0.772. The summed E-state index contributed by atoms with van der Waals surface area (Å²) in [7, 11) is 0. The van der Waals surface area contributed by atoms with Gasteiger partial charge in [-0.05, 0) is 24.3 Å². The third-order valence-electron chi connectivity index (χ3n) is 5.62. The first-order chi connectivity index (χ1) is 13.4. The van der Waals surface area contributed by atoms with Crippen molar-refractivity contribution in [3.05, 3.63) is 35.9 Å². The third kappa shape index (κ3) is 4.13. The molecule has 2 fully saturated rings. The number of benzene rings is 1. The highest BCUT2D eigenvalue weighted by molar-refractivity contribution is 5.95. The Morgan fingerprint density at radius 3 is 2.57 bits per heavy atom. The molecule has 28 heavy (non-hydrogen) atoms. The molecule has 0 N–H and O–H groups in total. The Hall–Kier alpha value is -2.57. The molecular weight excluding hydrogens is 360 g/mol. The van der Waals surface area contributed by atoms with E-state index >= 15 is 0 Å². The fourth-order valence-electron chi connectivity index (χ4n) is 3.91. The van der Waals surface area contributed by atoms with Gasteiger partial charge in [-0.25, -0.2) is 14.5 Å². The van der Waals surface area contributed by atoms with Crippen LogP contribution in [0.5, 0.6) is 0 Å². The lowest BCUT2D eigenvalue weighted by atomic mass is 9.96. The van der Waals surface area contributed by atoms with Crippen LogP contribution in [0.3, 0.4) is 0 Å². The monoisotopic (exact) mass is 388 g/mol. The van der Waals surface area contributed by atoms with Gasteiger partial charge in [0, 0.05) is 12.6 Å². The number of rotatable bonds is 5. The molecule has 2 heterocycles. The normalized spacial score (nSPS) is 23.1. The molecule has 152 valence electrons. The van der Waals surface area contributed by atoms with Gasteiger partial charge in [-0.2, -0.15) is 0 Å². The standard InChI is InChI=1S/C21H28N2O5/c1-14(2)18-13-28-21(26)23(18)19(24)15(3)17-10-7-11-22(17)20(25)27-12-16-8-5-4-6-9-16/h4-6,8-9,14-15,17-18H,7,10-13H2,1-3H3/t15-,17-,18-/m1/s1. The van der Waals surface area contributed by atoms with E-state index in [9.17, 15) is 14.4 Å². The fourth-order valence-corrected chi connectivity index (χ4v) is 3.91. The van der Waals surface area contributed by atoms with Crippen LogP contribution >= 0.6 is 0 Å². The van der Waals surface area contributed by atoms with E-state index in [1.165, 1.54) is 4.90 Å². The molecule has 3 atom stereocenters. The molecule has 7 heteroatoms. The average Bonchev–Trinajstić information content (AvgIpc) is 3.32. The van der Waals surface area contributed by atoms with Crippen LogP contribution in [-0.2, 0) is 20.9 Å². The van der Waals surface area contributed by atoms with Crippen LogP contribution in [0.4, 0.5) is 9.59 Å². The molecule has 2 aliphatic heterocycles. The molecular formula is C21H28N2O5. The van der Waals surface area contributed by atoms with E-state index in [0.29, 0.717) is 13.0 Å². The largest absolute Gasteiger partial charge is 0.447 e. The second-order valence-corrected chi connectivity index (χ2v) is 7.83. The predicted molar refractivity (Wildman–Crippen MR) is 102 cm³/mol. The topological polar surface area (TPSA) is 76.2 Å². The summed E-state index contributed by atoms with van der Waals surface area (Å²) in [5.41, 5.74) is 0.912. The lowest BCUT2D eigenvalue weighted by Crippen LogP contribution is -2.50. The van der Waals surface area contributed by atoms with E-state index in [1.807, 2.05) is 44.2 Å². The van der Waals surface area contributed by atoms with E-state index < -0.39 is 18.1 Å². The van der Waals surface area contributed by atoms with Gasteiger partial charge >= 0.3 is 12.2 Å². The van der Waals surface area contributed by atoms with Crippen molar-refractivity contribution in [3.8, 4) is 0 Å². The maximum atomic E-state index is 13.1. The van der Waals surface area contributed by atoms with Gasteiger partial charge in [0.05, 0.1) is 12.0 Å². The number of cyclic esters (lactones) is 1. The van der Waals surface area contributed by atoms with Crippen molar-refractivity contribution in [3.63, 3.8) is 0 Å². The Morgan fingerprint density at radius 2 is 1.89 bits per heavy atom. The summed E-state index contributed by atoms with van der Waals surface area (Å²) in [5.74, 6) is -0.675. The van der Waals surface area contributed by atoms with E-state index in [4.69, 9.17) is 9.47 Å². The molecule has 3 amide bonds. The Bertz CT molecular complexity index is 721. The van der Waals surface area contributed by atoms with Gasteiger partial charge in [0.2, 0.25) is 5.91 Å². The van der Waals surface area contributed by atoms with Gasteiger partial charge in [-0.3, -0.25) is 4.79 Å². The summed E-state index contributed by atoms with van der Waals surface area (Å²) in [4.78, 5) is 40.6. The number of carbonyl (C=O) groups is 3. The first-order valence-electron chi connectivity index (χ1n) is 9.87. The van der Waals surface area contributed by atoms with Crippen molar-refractivity contribution in [1.29, 1.82) is 0 Å². The first-order valence-corrected chi connectivity index (χ1v) is 9.87. The lowest BCUT2D eigenvalue weighted by Gasteiger charge is -2.31. The molecule has 7 nitrogen and oxygen atoms in total. The second-order valence-electron chi connectivity index (χ2n) is 7.83. The minimum absolute atomic E-state index is 0.109. The Kier molecular flexibility index (Phi) is 6.21. The first kappa shape index (κ1) is 20.2.